The van der Waals surface area contributed by atoms with Crippen LogP contribution in [-0.4, -0.2) is 26.8 Å². The molecule has 0 aromatic carbocycles. The van der Waals surface area contributed by atoms with Gasteiger partial charge < -0.3 is 9.16 Å². The summed E-state index contributed by atoms with van der Waals surface area (Å²) in [5.74, 6) is 0. The summed E-state index contributed by atoms with van der Waals surface area (Å²) in [6.45, 7) is 13.2. The predicted molar refractivity (Wildman–Crippen MR) is 74.9 cm³/mol. The maximum Gasteiger partial charge on any atom is 0.453 e. The van der Waals surface area contributed by atoms with E-state index in [0.717, 1.165) is 0 Å². The van der Waals surface area contributed by atoms with Crippen molar-refractivity contribution in [1.29, 1.82) is 0 Å². The molecule has 0 fully saturated rings. The third-order valence-electron chi connectivity index (χ3n) is 2.16. The molecule has 0 saturated heterocycles. The largest absolute Gasteiger partial charge is 0.503 e. The van der Waals surface area contributed by atoms with E-state index in [1.54, 1.807) is 20.8 Å². The number of ether oxygens (including phenoxy) is 1. The summed E-state index contributed by atoms with van der Waals surface area (Å²) in [5, 5.41) is 6.43. The van der Waals surface area contributed by atoms with E-state index in [1.807, 2.05) is 27.7 Å². The second-order valence-electron chi connectivity index (χ2n) is 6.02. The Bertz CT molecular complexity index is 340. The number of hydrogen-bond donors (Lipinski definition) is 0. The van der Waals surface area contributed by atoms with E-state index in [1.165, 1.54) is 0 Å². The van der Waals surface area contributed by atoms with Gasteiger partial charge in [0.1, 0.15) is 5.60 Å². The average molecular weight is 288 g/mol. The molecule has 0 saturated carbocycles. The van der Waals surface area contributed by atoms with Gasteiger partial charge in [-0.2, -0.15) is 0 Å². The Morgan fingerprint density at radius 3 is 1.74 bits per heavy atom. The summed E-state index contributed by atoms with van der Waals surface area (Å²) in [6, 6.07) is 0. The highest BCUT2D eigenvalue weighted by atomic mass is 28.3. The highest BCUT2D eigenvalue weighted by Crippen LogP contribution is 2.21. The lowest BCUT2D eigenvalue weighted by atomic mass is 10.2. The van der Waals surface area contributed by atoms with Gasteiger partial charge in [-0.25, -0.2) is 9.59 Å². The van der Waals surface area contributed by atoms with Crippen LogP contribution in [0.3, 0.4) is 0 Å². The van der Waals surface area contributed by atoms with Crippen molar-refractivity contribution >= 4 is 21.2 Å². The van der Waals surface area contributed by atoms with Gasteiger partial charge in [-0.15, -0.1) is 0 Å². The van der Waals surface area contributed by atoms with Gasteiger partial charge >= 0.3 is 12.2 Å². The zero-order valence-corrected chi connectivity index (χ0v) is 13.9. The van der Waals surface area contributed by atoms with Gasteiger partial charge in [-0.3, -0.25) is 0 Å². The van der Waals surface area contributed by atoms with Gasteiger partial charge in [0, 0.05) is 0 Å². The highest BCUT2D eigenvalue weighted by molar-refractivity contribution is 6.56. The molecule has 0 aliphatic rings. The molecule has 2 amide bonds. The molecule has 0 N–H and O–H groups in total. The van der Waals surface area contributed by atoms with Crippen molar-refractivity contribution in [3.8, 4) is 0 Å². The number of rotatable bonds is 3. The van der Waals surface area contributed by atoms with Crippen LogP contribution < -0.4 is 0 Å². The van der Waals surface area contributed by atoms with Crippen LogP contribution in [0.4, 0.5) is 9.59 Å². The Kier molecular flexibility index (Phi) is 6.89. The highest BCUT2D eigenvalue weighted by Gasteiger charge is 2.25. The normalized spacial score (nSPS) is 12.5. The lowest BCUT2D eigenvalue weighted by Crippen LogP contribution is -2.27. The van der Waals surface area contributed by atoms with Gasteiger partial charge in [0.15, 0.2) is 0 Å². The first kappa shape index (κ1) is 17.8. The minimum Gasteiger partial charge on any atom is -0.503 e. The fraction of sp³-hybridized carbons (Fsp3) is 0.833. The lowest BCUT2D eigenvalue weighted by molar-refractivity contribution is 0.0589. The maximum absolute atomic E-state index is 11.5. The zero-order valence-electron chi connectivity index (χ0n) is 12.8. The average Bonchev–Trinajstić information content (AvgIpc) is 2.19. The molecule has 6 nitrogen and oxygen atoms in total. The van der Waals surface area contributed by atoms with Gasteiger partial charge in [0.2, 0.25) is 9.04 Å². The second-order valence-corrected chi connectivity index (χ2v) is 9.85. The maximum atomic E-state index is 11.5. The molecular weight excluding hydrogens is 264 g/mol. The van der Waals surface area contributed by atoms with E-state index < -0.39 is 26.8 Å². The van der Waals surface area contributed by atoms with Crippen molar-refractivity contribution in [2.24, 2.45) is 10.2 Å². The van der Waals surface area contributed by atoms with Gasteiger partial charge in [-0.05, 0) is 31.9 Å². The fourth-order valence-corrected chi connectivity index (χ4v) is 3.91. The Hall–Kier alpha value is -1.24. The van der Waals surface area contributed by atoms with Gasteiger partial charge in [0.05, 0.1) is 0 Å². The van der Waals surface area contributed by atoms with E-state index in [0.29, 0.717) is 11.1 Å². The molecule has 0 aromatic rings. The number of carbonyl (C=O) groups excluding carboxylic acids is 2. The standard InChI is InChI=1S/C12H24N2O4Si/c1-8(2)19(9(3)4)18-11(16)14-13-10(15)17-12(5,6)7/h8-9,19H,1-7H3. The molecule has 0 atom stereocenters. The monoisotopic (exact) mass is 288 g/mol. The Balaban J connectivity index is 4.41. The second kappa shape index (κ2) is 7.37. The van der Waals surface area contributed by atoms with E-state index in [4.69, 9.17) is 9.16 Å². The molecule has 110 valence electrons. The molecule has 0 rings (SSSR count). The molecule has 0 spiro atoms. The molecule has 0 unspecified atom stereocenters. The Morgan fingerprint density at radius 1 is 0.947 bits per heavy atom. The van der Waals surface area contributed by atoms with E-state index in [-0.39, 0.29) is 0 Å². The van der Waals surface area contributed by atoms with Crippen molar-refractivity contribution in [2.75, 3.05) is 0 Å². The van der Waals surface area contributed by atoms with Crippen LogP contribution >= 0.6 is 0 Å². The first-order valence-corrected chi connectivity index (χ1v) is 8.18. The van der Waals surface area contributed by atoms with E-state index in [2.05, 4.69) is 10.2 Å². The van der Waals surface area contributed by atoms with E-state index in [9.17, 15) is 9.59 Å². The Labute approximate surface area is 116 Å². The Morgan fingerprint density at radius 2 is 1.37 bits per heavy atom. The molecule has 0 aromatic heterocycles. The van der Waals surface area contributed by atoms with Crippen molar-refractivity contribution in [3.63, 3.8) is 0 Å². The molecule has 0 radical (unpaired) electrons. The molecule has 0 bridgehead atoms. The van der Waals surface area contributed by atoms with Gasteiger partial charge in [-0.1, -0.05) is 37.9 Å². The van der Waals surface area contributed by atoms with Crippen LogP contribution in [0.5, 0.6) is 0 Å². The van der Waals surface area contributed by atoms with Crippen LogP contribution in [0.1, 0.15) is 48.5 Å². The molecule has 0 aliphatic heterocycles. The predicted octanol–water partition coefficient (Wildman–Crippen LogP) is 4.05. The molecule has 7 heteroatoms. The topological polar surface area (TPSA) is 77.3 Å². The number of hydrogen-bond acceptors (Lipinski definition) is 4. The van der Waals surface area contributed by atoms with Crippen LogP contribution in [0.15, 0.2) is 10.2 Å². The van der Waals surface area contributed by atoms with Crippen molar-refractivity contribution in [3.05, 3.63) is 0 Å². The van der Waals surface area contributed by atoms with Crippen molar-refractivity contribution in [2.45, 2.75) is 65.1 Å². The number of carbonyl (C=O) groups is 2. The van der Waals surface area contributed by atoms with Crippen LogP contribution in [0.25, 0.3) is 0 Å². The number of azo groups is 1. The quantitative estimate of drug-likeness (QED) is 0.579. The number of nitrogens with zero attached hydrogens (tertiary/aromatic N) is 2. The fourth-order valence-electron chi connectivity index (χ4n) is 1.55. The first-order valence-electron chi connectivity index (χ1n) is 6.38. The van der Waals surface area contributed by atoms with Crippen molar-refractivity contribution < 1.29 is 18.8 Å². The summed E-state index contributed by atoms with van der Waals surface area (Å²) in [5.41, 5.74) is -0.0472. The molecule has 0 aliphatic carbocycles. The third-order valence-corrected chi connectivity index (χ3v) is 5.26. The van der Waals surface area contributed by atoms with E-state index >= 15 is 0 Å². The van der Waals surface area contributed by atoms with Crippen LogP contribution in [0.2, 0.25) is 11.1 Å². The molecule has 19 heavy (non-hydrogen) atoms. The minimum absolute atomic E-state index is 0.306. The van der Waals surface area contributed by atoms with Crippen LogP contribution in [-0.2, 0) is 9.16 Å². The summed E-state index contributed by atoms with van der Waals surface area (Å²) < 4.78 is 10.2. The lowest BCUT2D eigenvalue weighted by Gasteiger charge is -2.21. The minimum atomic E-state index is -1.70. The zero-order chi connectivity index (χ0) is 15.2. The first-order chi connectivity index (χ1) is 8.53. The summed E-state index contributed by atoms with van der Waals surface area (Å²) >= 11 is 0. The SMILES string of the molecule is CC(C)[SiH](OC(=O)N=NC(=O)OC(C)(C)C)C(C)C. The summed E-state index contributed by atoms with van der Waals surface area (Å²) in [7, 11) is -1.70. The van der Waals surface area contributed by atoms with Crippen molar-refractivity contribution in [1.82, 2.24) is 0 Å². The van der Waals surface area contributed by atoms with Gasteiger partial charge in [0.25, 0.3) is 0 Å². The summed E-state index contributed by atoms with van der Waals surface area (Å²) in [4.78, 5) is 22.7. The molecule has 0 heterocycles. The number of amides is 2. The summed E-state index contributed by atoms with van der Waals surface area (Å²) in [6.07, 6.45) is -1.71. The third kappa shape index (κ3) is 8.47. The molecular formula is C12H24N2O4Si. The van der Waals surface area contributed by atoms with Crippen LogP contribution in [0, 0.1) is 0 Å². The smallest absolute Gasteiger partial charge is 0.453 e.